The van der Waals surface area contributed by atoms with Crippen molar-refractivity contribution in [2.45, 2.75) is 0 Å². The number of fused-ring (bicyclic) bond motifs is 1. The highest BCUT2D eigenvalue weighted by Crippen LogP contribution is 2.23. The van der Waals surface area contributed by atoms with Crippen LogP contribution in [-0.4, -0.2) is 10.5 Å². The van der Waals surface area contributed by atoms with Gasteiger partial charge in [0, 0.05) is 18.6 Å². The minimum Gasteiger partial charge on any atom is -0.348 e. The molecule has 23 heavy (non-hydrogen) atoms. The standard InChI is InChI=1S/C17H12Cl2N2O2/c1-21-9-11(16(22)10-5-4-7-13(19)15(10)21)17(23)20-14-8-3-2-6-12(14)18/h2-9H,1H3,(H,20,23). The van der Waals surface area contributed by atoms with Crippen LogP contribution in [0.4, 0.5) is 5.69 Å². The van der Waals surface area contributed by atoms with Crippen molar-refractivity contribution in [1.29, 1.82) is 0 Å². The lowest BCUT2D eigenvalue weighted by atomic mass is 10.1. The number of para-hydroxylation sites is 2. The van der Waals surface area contributed by atoms with Crippen LogP contribution in [0.15, 0.2) is 53.5 Å². The first kappa shape index (κ1) is 15.6. The zero-order valence-electron chi connectivity index (χ0n) is 12.1. The van der Waals surface area contributed by atoms with E-state index in [1.54, 1.807) is 54.1 Å². The average molecular weight is 347 g/mol. The minimum atomic E-state index is -0.513. The number of nitrogens with zero attached hydrogens (tertiary/aromatic N) is 1. The van der Waals surface area contributed by atoms with E-state index in [4.69, 9.17) is 23.2 Å². The van der Waals surface area contributed by atoms with Crippen molar-refractivity contribution in [3.63, 3.8) is 0 Å². The molecule has 116 valence electrons. The summed E-state index contributed by atoms with van der Waals surface area (Å²) >= 11 is 12.2. The summed E-state index contributed by atoms with van der Waals surface area (Å²) in [5.41, 5.74) is 0.702. The molecular weight excluding hydrogens is 335 g/mol. The van der Waals surface area contributed by atoms with Crippen LogP contribution in [0, 0.1) is 0 Å². The second kappa shape index (κ2) is 6.07. The van der Waals surface area contributed by atoms with Crippen molar-refractivity contribution in [2.75, 3.05) is 5.32 Å². The molecule has 1 N–H and O–H groups in total. The van der Waals surface area contributed by atoms with Crippen LogP contribution in [-0.2, 0) is 7.05 Å². The van der Waals surface area contributed by atoms with Gasteiger partial charge in [-0.25, -0.2) is 0 Å². The van der Waals surface area contributed by atoms with Gasteiger partial charge in [-0.15, -0.1) is 0 Å². The second-order valence-corrected chi connectivity index (χ2v) is 5.87. The van der Waals surface area contributed by atoms with Crippen molar-refractivity contribution in [3.05, 3.63) is 74.5 Å². The quantitative estimate of drug-likeness (QED) is 0.759. The van der Waals surface area contributed by atoms with Crippen molar-refractivity contribution < 1.29 is 4.79 Å². The van der Waals surface area contributed by atoms with Crippen LogP contribution in [0.2, 0.25) is 10.0 Å². The van der Waals surface area contributed by atoms with Crippen LogP contribution in [0.1, 0.15) is 10.4 Å². The van der Waals surface area contributed by atoms with Crippen molar-refractivity contribution in [2.24, 2.45) is 7.05 Å². The first-order valence-electron chi connectivity index (χ1n) is 6.83. The fourth-order valence-corrected chi connectivity index (χ4v) is 2.92. The molecule has 0 saturated heterocycles. The number of carbonyl (C=O) groups is 1. The van der Waals surface area contributed by atoms with Crippen LogP contribution >= 0.6 is 23.2 Å². The monoisotopic (exact) mass is 346 g/mol. The van der Waals surface area contributed by atoms with Gasteiger partial charge in [0.2, 0.25) is 5.43 Å². The second-order valence-electron chi connectivity index (χ2n) is 5.05. The summed E-state index contributed by atoms with van der Waals surface area (Å²) in [4.78, 5) is 25.0. The highest BCUT2D eigenvalue weighted by Gasteiger charge is 2.16. The van der Waals surface area contributed by atoms with Gasteiger partial charge in [0.25, 0.3) is 5.91 Å². The average Bonchev–Trinajstić information content (AvgIpc) is 2.52. The molecular formula is C17H12Cl2N2O2. The number of carbonyl (C=O) groups excluding carboxylic acids is 1. The van der Waals surface area contributed by atoms with Gasteiger partial charge in [-0.05, 0) is 24.3 Å². The molecule has 3 aromatic rings. The van der Waals surface area contributed by atoms with E-state index in [1.165, 1.54) is 6.20 Å². The number of rotatable bonds is 2. The van der Waals surface area contributed by atoms with Crippen LogP contribution < -0.4 is 10.7 Å². The van der Waals surface area contributed by atoms with Crippen molar-refractivity contribution in [3.8, 4) is 0 Å². The smallest absolute Gasteiger partial charge is 0.261 e. The third kappa shape index (κ3) is 2.83. The maximum absolute atomic E-state index is 12.6. The number of pyridine rings is 1. The van der Waals surface area contributed by atoms with Gasteiger partial charge in [-0.1, -0.05) is 41.4 Å². The predicted octanol–water partition coefficient (Wildman–Crippen LogP) is 4.10. The number of aromatic nitrogens is 1. The molecule has 4 nitrogen and oxygen atoms in total. The van der Waals surface area contributed by atoms with E-state index >= 15 is 0 Å². The van der Waals surface area contributed by atoms with Gasteiger partial charge in [-0.2, -0.15) is 0 Å². The summed E-state index contributed by atoms with van der Waals surface area (Å²) in [5.74, 6) is -0.513. The first-order chi connectivity index (χ1) is 11.0. The lowest BCUT2D eigenvalue weighted by Crippen LogP contribution is -2.23. The first-order valence-corrected chi connectivity index (χ1v) is 7.58. The Morgan fingerprint density at radius 1 is 1.04 bits per heavy atom. The van der Waals surface area contributed by atoms with Gasteiger partial charge in [0.15, 0.2) is 0 Å². The number of aryl methyl sites for hydroxylation is 1. The number of hydrogen-bond acceptors (Lipinski definition) is 2. The normalized spacial score (nSPS) is 10.7. The molecule has 1 heterocycles. The maximum atomic E-state index is 12.6. The van der Waals surface area contributed by atoms with E-state index in [0.29, 0.717) is 26.6 Å². The van der Waals surface area contributed by atoms with Crippen LogP contribution in [0.25, 0.3) is 10.9 Å². The highest BCUT2D eigenvalue weighted by molar-refractivity contribution is 6.35. The van der Waals surface area contributed by atoms with Gasteiger partial charge in [0.05, 0.1) is 21.2 Å². The number of nitrogens with one attached hydrogen (secondary N) is 1. The number of hydrogen-bond donors (Lipinski definition) is 1. The molecule has 0 aliphatic rings. The fraction of sp³-hybridized carbons (Fsp3) is 0.0588. The molecule has 0 spiro atoms. The molecule has 0 aliphatic carbocycles. The zero-order valence-corrected chi connectivity index (χ0v) is 13.7. The number of amides is 1. The molecule has 0 atom stereocenters. The van der Waals surface area contributed by atoms with E-state index in [9.17, 15) is 9.59 Å². The van der Waals surface area contributed by atoms with Gasteiger partial charge < -0.3 is 9.88 Å². The van der Waals surface area contributed by atoms with E-state index in [1.807, 2.05) is 0 Å². The summed E-state index contributed by atoms with van der Waals surface area (Å²) in [5, 5.41) is 3.91. The summed E-state index contributed by atoms with van der Waals surface area (Å²) in [6.07, 6.45) is 1.47. The lowest BCUT2D eigenvalue weighted by molar-refractivity contribution is 0.102. The van der Waals surface area contributed by atoms with E-state index < -0.39 is 5.91 Å². The molecule has 3 rings (SSSR count). The minimum absolute atomic E-state index is 0.0298. The third-order valence-corrected chi connectivity index (χ3v) is 4.15. The maximum Gasteiger partial charge on any atom is 0.261 e. The molecule has 0 unspecified atom stereocenters. The number of halogens is 2. The highest BCUT2D eigenvalue weighted by atomic mass is 35.5. The molecule has 0 aliphatic heterocycles. The predicted molar refractivity (Wildman–Crippen MR) is 93.6 cm³/mol. The van der Waals surface area contributed by atoms with E-state index in [0.717, 1.165) is 0 Å². The molecule has 1 amide bonds. The Morgan fingerprint density at radius 3 is 2.48 bits per heavy atom. The van der Waals surface area contributed by atoms with Crippen LogP contribution in [0.5, 0.6) is 0 Å². The largest absolute Gasteiger partial charge is 0.348 e. The third-order valence-electron chi connectivity index (χ3n) is 3.52. The lowest BCUT2D eigenvalue weighted by Gasteiger charge is -2.11. The molecule has 0 bridgehead atoms. The van der Waals surface area contributed by atoms with Crippen LogP contribution in [0.3, 0.4) is 0 Å². The fourth-order valence-electron chi connectivity index (χ4n) is 2.43. The Morgan fingerprint density at radius 2 is 1.74 bits per heavy atom. The van der Waals surface area contributed by atoms with Crippen molar-refractivity contribution >= 4 is 45.7 Å². The van der Waals surface area contributed by atoms with E-state index in [2.05, 4.69) is 5.32 Å². The summed E-state index contributed by atoms with van der Waals surface area (Å²) in [7, 11) is 1.74. The SMILES string of the molecule is Cn1cc(C(=O)Nc2ccccc2Cl)c(=O)c2cccc(Cl)c21. The summed E-state index contributed by atoms with van der Waals surface area (Å²) < 4.78 is 1.67. The van der Waals surface area contributed by atoms with Gasteiger partial charge >= 0.3 is 0 Å². The summed E-state index contributed by atoms with van der Waals surface area (Å²) in [6.45, 7) is 0. The Bertz CT molecular complexity index is 980. The van der Waals surface area contributed by atoms with E-state index in [-0.39, 0.29) is 11.0 Å². The molecule has 1 aromatic heterocycles. The molecule has 0 radical (unpaired) electrons. The Kier molecular flexibility index (Phi) is 4.11. The molecule has 6 heteroatoms. The molecule has 0 fully saturated rings. The Hall–Kier alpha value is -2.30. The van der Waals surface area contributed by atoms with Crippen molar-refractivity contribution in [1.82, 2.24) is 4.57 Å². The topological polar surface area (TPSA) is 51.1 Å². The zero-order chi connectivity index (χ0) is 16.6. The summed E-state index contributed by atoms with van der Waals surface area (Å²) in [6, 6.07) is 11.9. The molecule has 0 saturated carbocycles. The number of benzene rings is 2. The number of anilines is 1. The van der Waals surface area contributed by atoms with Gasteiger partial charge in [0.1, 0.15) is 5.56 Å². The Balaban J connectivity index is 2.10. The Labute approximate surface area is 142 Å². The molecule has 2 aromatic carbocycles. The van der Waals surface area contributed by atoms with Gasteiger partial charge in [-0.3, -0.25) is 9.59 Å².